The third-order valence-electron chi connectivity index (χ3n) is 10.0. The SMILES string of the molecule is CC(C)(C)NC(=O)[C@H]1CC[C@H]2CCCC[C@H]2N1C[C@@H]1C[C@H](c2ccc(CO)cc2)O[C@H](c2ccc(CNC(=O)CCCC(=O)NO)cc2)O1. The van der Waals surface area contributed by atoms with E-state index in [0.717, 1.165) is 41.5 Å². The van der Waals surface area contributed by atoms with Gasteiger partial charge in [0, 0.05) is 49.5 Å². The minimum absolute atomic E-state index is 0.0244. The number of hydrogen-bond donors (Lipinski definition) is 5. The number of likely N-dealkylation sites (tertiary alicyclic amines) is 1. The van der Waals surface area contributed by atoms with E-state index in [9.17, 15) is 19.5 Å². The van der Waals surface area contributed by atoms with E-state index in [2.05, 4.69) is 15.5 Å². The van der Waals surface area contributed by atoms with Gasteiger partial charge < -0.3 is 25.2 Å². The second-order valence-electron chi connectivity index (χ2n) is 14.9. The Morgan fingerprint density at radius 1 is 0.857 bits per heavy atom. The summed E-state index contributed by atoms with van der Waals surface area (Å²) >= 11 is 0. The van der Waals surface area contributed by atoms with Crippen molar-refractivity contribution >= 4 is 17.7 Å². The van der Waals surface area contributed by atoms with Crippen LogP contribution in [-0.2, 0) is 37.0 Å². The highest BCUT2D eigenvalue weighted by molar-refractivity contribution is 5.82. The van der Waals surface area contributed by atoms with Crippen LogP contribution in [0, 0.1) is 5.92 Å². The summed E-state index contributed by atoms with van der Waals surface area (Å²) in [5, 5.41) is 24.4. The predicted octanol–water partition coefficient (Wildman–Crippen LogP) is 4.95. The summed E-state index contributed by atoms with van der Waals surface area (Å²) in [6.45, 7) is 7.04. The fraction of sp³-hybridized carbons (Fsp3) is 0.605. The lowest BCUT2D eigenvalue weighted by molar-refractivity contribution is -0.255. The standard InChI is InChI=1S/C38H54N4O7/c1-38(2,3)40-36(46)32-20-19-27-7-4-5-8-31(27)42(32)23-30-21-33(28-15-13-26(24-43)14-16-28)49-37(48-30)29-17-11-25(12-18-29)22-39-34(44)9-6-10-35(45)41-47/h11-18,27,30-33,37,43,47H,4-10,19-24H2,1-3H3,(H,39,44)(H,40,46)(H,41,45)/t27-,30+,31-,32-,33-,37-/m1/s1. The fourth-order valence-corrected chi connectivity index (χ4v) is 7.54. The lowest BCUT2D eigenvalue weighted by atomic mass is 9.75. The van der Waals surface area contributed by atoms with E-state index in [1.165, 1.54) is 19.3 Å². The first-order valence-electron chi connectivity index (χ1n) is 17.9. The maximum absolute atomic E-state index is 13.7. The Bertz CT molecular complexity index is 1390. The number of ether oxygens (including phenoxy) is 2. The van der Waals surface area contributed by atoms with Crippen molar-refractivity contribution in [1.82, 2.24) is 21.0 Å². The number of carbonyl (C=O) groups is 3. The van der Waals surface area contributed by atoms with E-state index >= 15 is 0 Å². The van der Waals surface area contributed by atoms with E-state index < -0.39 is 12.2 Å². The van der Waals surface area contributed by atoms with Crippen LogP contribution in [0.4, 0.5) is 0 Å². The molecule has 1 aliphatic carbocycles. The number of nitrogens with one attached hydrogen (secondary N) is 3. The first-order valence-corrected chi connectivity index (χ1v) is 17.9. The van der Waals surface area contributed by atoms with Crippen molar-refractivity contribution in [2.75, 3.05) is 6.54 Å². The topological polar surface area (TPSA) is 149 Å². The second kappa shape index (κ2) is 17.0. The van der Waals surface area contributed by atoms with Crippen LogP contribution in [0.15, 0.2) is 48.5 Å². The van der Waals surface area contributed by atoms with E-state index in [4.69, 9.17) is 14.7 Å². The van der Waals surface area contributed by atoms with Crippen LogP contribution < -0.4 is 16.1 Å². The fourth-order valence-electron chi connectivity index (χ4n) is 7.54. The summed E-state index contributed by atoms with van der Waals surface area (Å²) in [6, 6.07) is 15.8. The minimum Gasteiger partial charge on any atom is -0.392 e. The Morgan fingerprint density at radius 3 is 2.22 bits per heavy atom. The first kappa shape index (κ1) is 36.9. The number of aliphatic hydroxyl groups is 1. The van der Waals surface area contributed by atoms with Gasteiger partial charge in [-0.1, -0.05) is 61.4 Å². The monoisotopic (exact) mass is 678 g/mol. The Kier molecular flexibility index (Phi) is 12.8. The molecule has 0 spiro atoms. The normalized spacial score (nSPS) is 26.0. The van der Waals surface area contributed by atoms with Crippen LogP contribution in [-0.4, -0.2) is 63.2 Å². The molecular weight excluding hydrogens is 624 g/mol. The molecule has 0 bridgehead atoms. The van der Waals surface area contributed by atoms with Gasteiger partial charge >= 0.3 is 0 Å². The van der Waals surface area contributed by atoms with Crippen molar-refractivity contribution in [1.29, 1.82) is 0 Å². The molecule has 0 unspecified atom stereocenters. The van der Waals surface area contributed by atoms with Gasteiger partial charge in [-0.25, -0.2) is 5.48 Å². The van der Waals surface area contributed by atoms with E-state index in [1.807, 2.05) is 69.3 Å². The Labute approximate surface area is 290 Å². The lowest BCUT2D eigenvalue weighted by Gasteiger charge is -2.50. The maximum atomic E-state index is 13.7. The number of fused-ring (bicyclic) bond motifs is 1. The van der Waals surface area contributed by atoms with Gasteiger partial charge in [-0.3, -0.25) is 24.5 Å². The average molecular weight is 679 g/mol. The molecule has 2 aliphatic heterocycles. The van der Waals surface area contributed by atoms with E-state index in [0.29, 0.717) is 37.9 Å². The third-order valence-corrected chi connectivity index (χ3v) is 10.0. The molecule has 0 radical (unpaired) electrons. The molecule has 268 valence electrons. The largest absolute Gasteiger partial charge is 0.392 e. The van der Waals surface area contributed by atoms with Gasteiger partial charge in [0.1, 0.15) is 0 Å². The van der Waals surface area contributed by atoms with Gasteiger partial charge in [0.05, 0.1) is 24.9 Å². The van der Waals surface area contributed by atoms with Crippen LogP contribution in [0.1, 0.15) is 120 Å². The molecular formula is C38H54N4O7. The first-order chi connectivity index (χ1) is 23.5. The number of hydrogen-bond acceptors (Lipinski definition) is 8. The lowest BCUT2D eigenvalue weighted by Crippen LogP contribution is -2.61. The molecule has 3 aliphatic rings. The van der Waals surface area contributed by atoms with Crippen molar-refractivity contribution in [3.05, 3.63) is 70.8 Å². The van der Waals surface area contributed by atoms with E-state index in [-0.39, 0.29) is 55.1 Å². The van der Waals surface area contributed by atoms with Crippen molar-refractivity contribution in [2.24, 2.45) is 5.92 Å². The smallest absolute Gasteiger partial charge is 0.243 e. The molecule has 2 aromatic carbocycles. The van der Waals surface area contributed by atoms with Gasteiger partial charge in [0.25, 0.3) is 0 Å². The summed E-state index contributed by atoms with van der Waals surface area (Å²) in [6.07, 6.45) is 6.86. The molecule has 6 atom stereocenters. The molecule has 1 saturated carbocycles. The molecule has 0 aromatic heterocycles. The number of aliphatic hydroxyl groups excluding tert-OH is 1. The second-order valence-corrected chi connectivity index (χ2v) is 14.9. The Hall–Kier alpha value is -3.35. The van der Waals surface area contributed by atoms with Crippen molar-refractivity contribution in [3.8, 4) is 0 Å². The highest BCUT2D eigenvalue weighted by Crippen LogP contribution is 2.42. The summed E-state index contributed by atoms with van der Waals surface area (Å²) < 4.78 is 13.3. The molecule has 5 rings (SSSR count). The van der Waals surface area contributed by atoms with Crippen LogP contribution >= 0.6 is 0 Å². The third kappa shape index (κ3) is 10.3. The zero-order chi connectivity index (χ0) is 35.0. The molecule has 11 nitrogen and oxygen atoms in total. The van der Waals surface area contributed by atoms with Crippen LogP contribution in [0.25, 0.3) is 0 Å². The summed E-state index contributed by atoms with van der Waals surface area (Å²) in [5.74, 6) is 0.00815. The van der Waals surface area contributed by atoms with E-state index in [1.54, 1.807) is 5.48 Å². The highest BCUT2D eigenvalue weighted by atomic mass is 16.7. The van der Waals surface area contributed by atoms with Crippen molar-refractivity contribution in [3.63, 3.8) is 0 Å². The molecule has 5 N–H and O–H groups in total. The predicted molar refractivity (Wildman–Crippen MR) is 184 cm³/mol. The Morgan fingerprint density at radius 2 is 1.53 bits per heavy atom. The number of hydroxylamine groups is 1. The molecule has 11 heteroatoms. The highest BCUT2D eigenvalue weighted by Gasteiger charge is 2.44. The zero-order valence-corrected chi connectivity index (χ0v) is 29.2. The number of carbonyl (C=O) groups excluding carboxylic acids is 3. The zero-order valence-electron chi connectivity index (χ0n) is 29.2. The number of piperidine rings is 1. The summed E-state index contributed by atoms with van der Waals surface area (Å²) in [7, 11) is 0. The van der Waals surface area contributed by atoms with Crippen LogP contribution in [0.2, 0.25) is 0 Å². The number of amides is 3. The molecule has 2 heterocycles. The van der Waals surface area contributed by atoms with Gasteiger partial charge in [0.2, 0.25) is 17.7 Å². The molecule has 3 fully saturated rings. The van der Waals surface area contributed by atoms with Gasteiger partial charge in [-0.05, 0) is 75.5 Å². The number of nitrogens with zero attached hydrogens (tertiary/aromatic N) is 1. The summed E-state index contributed by atoms with van der Waals surface area (Å²) in [5.41, 5.74) is 4.89. The van der Waals surface area contributed by atoms with Crippen molar-refractivity contribution in [2.45, 2.75) is 134 Å². The molecule has 2 saturated heterocycles. The average Bonchev–Trinajstić information content (AvgIpc) is 3.10. The van der Waals surface area contributed by atoms with Crippen LogP contribution in [0.3, 0.4) is 0 Å². The minimum atomic E-state index is -0.628. The van der Waals surface area contributed by atoms with Gasteiger partial charge in [-0.2, -0.15) is 0 Å². The molecule has 49 heavy (non-hydrogen) atoms. The van der Waals surface area contributed by atoms with Gasteiger partial charge in [0.15, 0.2) is 6.29 Å². The molecule has 3 amide bonds. The quantitative estimate of drug-likeness (QED) is 0.156. The summed E-state index contributed by atoms with van der Waals surface area (Å²) in [4.78, 5) is 39.6. The number of benzene rings is 2. The van der Waals surface area contributed by atoms with Crippen molar-refractivity contribution < 1.29 is 34.2 Å². The van der Waals surface area contributed by atoms with Gasteiger partial charge in [-0.15, -0.1) is 0 Å². The van der Waals surface area contributed by atoms with Crippen LogP contribution in [0.5, 0.6) is 0 Å². The maximum Gasteiger partial charge on any atom is 0.243 e. The Balaban J connectivity index is 1.32. The molecule has 2 aromatic rings. The number of rotatable bonds is 12.